The minimum Gasteiger partial charge on any atom is -0.283 e. The zero-order valence-corrected chi connectivity index (χ0v) is 16.5. The van der Waals surface area contributed by atoms with Crippen LogP contribution in [0.3, 0.4) is 0 Å². The SMILES string of the molecule is O=S(=O)(Cc1ccccc1)Nc1ccc(-c2cnccc2-c2ccccc2)cc1. The average molecular weight is 401 g/mol. The van der Waals surface area contributed by atoms with Gasteiger partial charge in [-0.3, -0.25) is 9.71 Å². The molecular formula is C24H20N2O2S. The molecular weight excluding hydrogens is 380 g/mol. The zero-order valence-electron chi connectivity index (χ0n) is 15.7. The Balaban J connectivity index is 1.56. The molecule has 0 aliphatic heterocycles. The first kappa shape index (κ1) is 18.9. The number of hydrogen-bond donors (Lipinski definition) is 1. The van der Waals surface area contributed by atoms with Gasteiger partial charge in [-0.25, -0.2) is 8.42 Å². The maximum absolute atomic E-state index is 12.4. The summed E-state index contributed by atoms with van der Waals surface area (Å²) in [6.45, 7) is 0. The number of nitrogens with zero attached hydrogens (tertiary/aromatic N) is 1. The van der Waals surface area contributed by atoms with Gasteiger partial charge in [-0.1, -0.05) is 72.8 Å². The second kappa shape index (κ2) is 8.29. The Morgan fingerprint density at radius 2 is 1.31 bits per heavy atom. The van der Waals surface area contributed by atoms with Gasteiger partial charge in [0.25, 0.3) is 0 Å². The van der Waals surface area contributed by atoms with Crippen LogP contribution < -0.4 is 4.72 Å². The number of rotatable bonds is 6. The van der Waals surface area contributed by atoms with Gasteiger partial charge >= 0.3 is 0 Å². The largest absolute Gasteiger partial charge is 0.283 e. The van der Waals surface area contributed by atoms with Gasteiger partial charge in [0.2, 0.25) is 10.0 Å². The zero-order chi connectivity index (χ0) is 20.1. The average Bonchev–Trinajstić information content (AvgIpc) is 2.75. The number of benzene rings is 3. The summed E-state index contributed by atoms with van der Waals surface area (Å²) >= 11 is 0. The third-order valence-electron chi connectivity index (χ3n) is 4.57. The van der Waals surface area contributed by atoms with E-state index < -0.39 is 10.0 Å². The van der Waals surface area contributed by atoms with Gasteiger partial charge in [-0.15, -0.1) is 0 Å². The first-order valence-corrected chi connectivity index (χ1v) is 10.9. The lowest BCUT2D eigenvalue weighted by Crippen LogP contribution is -2.14. The van der Waals surface area contributed by atoms with Gasteiger partial charge in [0.05, 0.1) is 5.75 Å². The Morgan fingerprint density at radius 3 is 2.00 bits per heavy atom. The topological polar surface area (TPSA) is 59.1 Å². The summed E-state index contributed by atoms with van der Waals surface area (Å²) in [5, 5.41) is 0. The molecule has 0 saturated heterocycles. The van der Waals surface area contributed by atoms with Crippen LogP contribution in [0.2, 0.25) is 0 Å². The Kier molecular flexibility index (Phi) is 5.40. The molecule has 0 saturated carbocycles. The minimum absolute atomic E-state index is 0.0592. The standard InChI is InChI=1S/C24H20N2O2S/c27-29(28,18-19-7-3-1-4-8-19)26-22-13-11-21(12-14-22)24-17-25-16-15-23(24)20-9-5-2-6-10-20/h1-17,26H,18H2. The maximum atomic E-state index is 12.4. The fraction of sp³-hybridized carbons (Fsp3) is 0.0417. The highest BCUT2D eigenvalue weighted by atomic mass is 32.2. The van der Waals surface area contributed by atoms with Crippen LogP contribution >= 0.6 is 0 Å². The van der Waals surface area contributed by atoms with Crippen molar-refractivity contribution in [2.24, 2.45) is 0 Å². The van der Waals surface area contributed by atoms with Gasteiger partial charge in [-0.05, 0) is 40.5 Å². The molecule has 0 fully saturated rings. The highest BCUT2D eigenvalue weighted by Gasteiger charge is 2.12. The van der Waals surface area contributed by atoms with E-state index in [0.29, 0.717) is 5.69 Å². The quantitative estimate of drug-likeness (QED) is 0.474. The molecule has 4 nitrogen and oxygen atoms in total. The Bertz CT molecular complexity index is 1190. The van der Waals surface area contributed by atoms with Crippen LogP contribution in [0.1, 0.15) is 5.56 Å². The second-order valence-electron chi connectivity index (χ2n) is 6.71. The fourth-order valence-corrected chi connectivity index (χ4v) is 4.42. The molecule has 29 heavy (non-hydrogen) atoms. The Morgan fingerprint density at radius 1 is 0.690 bits per heavy atom. The van der Waals surface area contributed by atoms with Gasteiger partial charge < -0.3 is 0 Å². The first-order valence-electron chi connectivity index (χ1n) is 9.25. The van der Waals surface area contributed by atoms with E-state index in [-0.39, 0.29) is 5.75 Å². The van der Waals surface area contributed by atoms with Gasteiger partial charge in [0.15, 0.2) is 0 Å². The summed E-state index contributed by atoms with van der Waals surface area (Å²) in [5.41, 5.74) is 5.45. The normalized spacial score (nSPS) is 11.2. The van der Waals surface area contributed by atoms with Crippen LogP contribution in [0.5, 0.6) is 0 Å². The smallest absolute Gasteiger partial charge is 0.236 e. The summed E-state index contributed by atoms with van der Waals surface area (Å²) < 4.78 is 27.5. The van der Waals surface area contributed by atoms with Crippen LogP contribution in [0.15, 0.2) is 103 Å². The lowest BCUT2D eigenvalue weighted by atomic mass is 9.96. The molecule has 4 rings (SSSR count). The predicted molar refractivity (Wildman–Crippen MR) is 118 cm³/mol. The van der Waals surface area contributed by atoms with Crippen LogP contribution in [-0.4, -0.2) is 13.4 Å². The molecule has 1 N–H and O–H groups in total. The lowest BCUT2D eigenvalue weighted by Gasteiger charge is -2.11. The van der Waals surface area contributed by atoms with Crippen molar-refractivity contribution >= 4 is 15.7 Å². The molecule has 0 aliphatic carbocycles. The van der Waals surface area contributed by atoms with E-state index in [2.05, 4.69) is 21.8 Å². The number of pyridine rings is 1. The van der Waals surface area contributed by atoms with E-state index in [1.165, 1.54) is 0 Å². The third-order valence-corrected chi connectivity index (χ3v) is 5.83. The van der Waals surface area contributed by atoms with Crippen molar-refractivity contribution in [2.75, 3.05) is 4.72 Å². The number of nitrogens with one attached hydrogen (secondary N) is 1. The van der Waals surface area contributed by atoms with Crippen LogP contribution in [0.25, 0.3) is 22.3 Å². The van der Waals surface area contributed by atoms with Gasteiger partial charge in [0.1, 0.15) is 0 Å². The first-order chi connectivity index (χ1) is 14.1. The summed E-state index contributed by atoms with van der Waals surface area (Å²) in [5.74, 6) is -0.0592. The molecule has 0 radical (unpaired) electrons. The van der Waals surface area contributed by atoms with E-state index in [4.69, 9.17) is 0 Å². The minimum atomic E-state index is -3.48. The van der Waals surface area contributed by atoms with E-state index in [0.717, 1.165) is 27.8 Å². The third kappa shape index (κ3) is 4.70. The molecule has 0 atom stereocenters. The maximum Gasteiger partial charge on any atom is 0.236 e. The molecule has 0 spiro atoms. The molecule has 4 aromatic rings. The van der Waals surface area contributed by atoms with Crippen molar-refractivity contribution < 1.29 is 8.42 Å². The fourth-order valence-electron chi connectivity index (χ4n) is 3.22. The summed E-state index contributed by atoms with van der Waals surface area (Å²) in [4.78, 5) is 4.26. The lowest BCUT2D eigenvalue weighted by molar-refractivity contribution is 0.600. The van der Waals surface area contributed by atoms with Gasteiger partial charge in [0, 0.05) is 23.6 Å². The van der Waals surface area contributed by atoms with Crippen molar-refractivity contribution in [2.45, 2.75) is 5.75 Å². The summed E-state index contributed by atoms with van der Waals surface area (Å²) in [6.07, 6.45) is 3.61. The van der Waals surface area contributed by atoms with Crippen LogP contribution in [-0.2, 0) is 15.8 Å². The molecule has 144 valence electrons. The number of aromatic nitrogens is 1. The number of anilines is 1. The van der Waals surface area contributed by atoms with E-state index in [1.807, 2.05) is 60.8 Å². The highest BCUT2D eigenvalue weighted by Crippen LogP contribution is 2.31. The molecule has 0 unspecified atom stereocenters. The second-order valence-corrected chi connectivity index (χ2v) is 8.43. The van der Waals surface area contributed by atoms with Crippen molar-refractivity contribution in [3.63, 3.8) is 0 Å². The Labute approximate surface area is 170 Å². The van der Waals surface area contributed by atoms with Crippen LogP contribution in [0, 0.1) is 0 Å². The molecule has 0 aliphatic rings. The summed E-state index contributed by atoms with van der Waals surface area (Å²) in [7, 11) is -3.48. The molecule has 0 amide bonds. The molecule has 5 heteroatoms. The predicted octanol–water partition coefficient (Wildman–Crippen LogP) is 5.36. The molecule has 1 aromatic heterocycles. The van der Waals surface area contributed by atoms with Gasteiger partial charge in [-0.2, -0.15) is 0 Å². The molecule has 3 aromatic carbocycles. The van der Waals surface area contributed by atoms with Crippen molar-refractivity contribution in [1.29, 1.82) is 0 Å². The van der Waals surface area contributed by atoms with Crippen molar-refractivity contribution in [3.8, 4) is 22.3 Å². The highest BCUT2D eigenvalue weighted by molar-refractivity contribution is 7.91. The monoisotopic (exact) mass is 400 g/mol. The van der Waals surface area contributed by atoms with E-state index >= 15 is 0 Å². The van der Waals surface area contributed by atoms with Crippen molar-refractivity contribution in [3.05, 3.63) is 109 Å². The van der Waals surface area contributed by atoms with Crippen molar-refractivity contribution in [1.82, 2.24) is 4.98 Å². The summed E-state index contributed by atoms with van der Waals surface area (Å²) in [6, 6.07) is 28.6. The van der Waals surface area contributed by atoms with Crippen LogP contribution in [0.4, 0.5) is 5.69 Å². The molecule has 0 bridgehead atoms. The molecule has 1 heterocycles. The van der Waals surface area contributed by atoms with E-state index in [9.17, 15) is 8.42 Å². The number of sulfonamides is 1. The van der Waals surface area contributed by atoms with E-state index in [1.54, 1.807) is 30.5 Å². The Hall–Kier alpha value is -3.44. The number of hydrogen-bond acceptors (Lipinski definition) is 3.